The van der Waals surface area contributed by atoms with Crippen molar-refractivity contribution in [2.24, 2.45) is 11.8 Å². The number of carbonyl (C=O) groups is 3. The van der Waals surface area contributed by atoms with Gasteiger partial charge < -0.3 is 15.2 Å². The molecule has 1 aromatic rings. The summed E-state index contributed by atoms with van der Waals surface area (Å²) in [5, 5.41) is 11.9. The second kappa shape index (κ2) is 7.58. The molecule has 0 unspecified atom stereocenters. The van der Waals surface area contributed by atoms with Gasteiger partial charge in [0.2, 0.25) is 5.91 Å². The van der Waals surface area contributed by atoms with Crippen molar-refractivity contribution in [3.8, 4) is 0 Å². The second-order valence-electron chi connectivity index (χ2n) is 5.28. The normalized spacial score (nSPS) is 19.9. The molecule has 23 heavy (non-hydrogen) atoms. The number of hydrogen-bond acceptors (Lipinski definition) is 4. The van der Waals surface area contributed by atoms with Crippen LogP contribution in [0.1, 0.15) is 30.1 Å². The molecule has 0 bridgehead atoms. The third kappa shape index (κ3) is 4.18. The Balaban J connectivity index is 2.03. The molecular formula is C17H19NO5. The van der Waals surface area contributed by atoms with Crippen molar-refractivity contribution >= 4 is 23.5 Å². The number of nitrogens with one attached hydrogen (secondary N) is 1. The van der Waals surface area contributed by atoms with E-state index < -0.39 is 23.8 Å². The predicted octanol–water partition coefficient (Wildman–Crippen LogP) is 2.47. The highest BCUT2D eigenvalue weighted by molar-refractivity contribution is 5.96. The summed E-state index contributed by atoms with van der Waals surface area (Å²) >= 11 is 0. The van der Waals surface area contributed by atoms with Gasteiger partial charge in [0.25, 0.3) is 0 Å². The van der Waals surface area contributed by atoms with E-state index in [4.69, 9.17) is 4.74 Å². The first-order valence-corrected chi connectivity index (χ1v) is 7.48. The third-order valence-electron chi connectivity index (χ3n) is 3.75. The number of hydrogen-bond donors (Lipinski definition) is 2. The summed E-state index contributed by atoms with van der Waals surface area (Å²) in [6.45, 7) is 2.02. The molecule has 2 rings (SSSR count). The smallest absolute Gasteiger partial charge is 0.338 e. The molecule has 2 atom stereocenters. The predicted molar refractivity (Wildman–Crippen MR) is 84.0 cm³/mol. The van der Waals surface area contributed by atoms with Crippen LogP contribution in [0, 0.1) is 11.8 Å². The molecule has 1 aromatic carbocycles. The Morgan fingerprint density at radius 1 is 1.13 bits per heavy atom. The summed E-state index contributed by atoms with van der Waals surface area (Å²) in [4.78, 5) is 35.1. The van der Waals surface area contributed by atoms with Gasteiger partial charge in [-0.05, 0) is 44.0 Å². The van der Waals surface area contributed by atoms with Crippen LogP contribution < -0.4 is 5.32 Å². The topological polar surface area (TPSA) is 92.7 Å². The van der Waals surface area contributed by atoms with Crippen molar-refractivity contribution < 1.29 is 24.2 Å². The van der Waals surface area contributed by atoms with E-state index in [1.54, 1.807) is 37.3 Å². The third-order valence-corrected chi connectivity index (χ3v) is 3.75. The van der Waals surface area contributed by atoms with Gasteiger partial charge in [0.1, 0.15) is 0 Å². The molecule has 122 valence electrons. The highest BCUT2D eigenvalue weighted by Gasteiger charge is 2.33. The number of amides is 1. The van der Waals surface area contributed by atoms with E-state index in [-0.39, 0.29) is 5.91 Å². The molecule has 0 spiro atoms. The first-order chi connectivity index (χ1) is 11.0. The van der Waals surface area contributed by atoms with E-state index in [0.29, 0.717) is 30.7 Å². The molecular weight excluding hydrogens is 298 g/mol. The van der Waals surface area contributed by atoms with Crippen LogP contribution in [0.5, 0.6) is 0 Å². The van der Waals surface area contributed by atoms with Gasteiger partial charge in [-0.1, -0.05) is 12.2 Å². The molecule has 0 saturated heterocycles. The molecule has 0 saturated carbocycles. The fourth-order valence-corrected chi connectivity index (χ4v) is 2.52. The second-order valence-corrected chi connectivity index (χ2v) is 5.28. The first kappa shape index (κ1) is 16.7. The Labute approximate surface area is 134 Å². The van der Waals surface area contributed by atoms with Crippen LogP contribution in [0.4, 0.5) is 5.69 Å². The molecule has 1 aliphatic rings. The van der Waals surface area contributed by atoms with Crippen LogP contribution in [-0.2, 0) is 14.3 Å². The van der Waals surface area contributed by atoms with Crippen LogP contribution in [0.25, 0.3) is 0 Å². The van der Waals surface area contributed by atoms with Gasteiger partial charge in [-0.15, -0.1) is 0 Å². The van der Waals surface area contributed by atoms with Crippen molar-refractivity contribution in [2.45, 2.75) is 19.8 Å². The lowest BCUT2D eigenvalue weighted by Gasteiger charge is -2.24. The van der Waals surface area contributed by atoms with Crippen LogP contribution >= 0.6 is 0 Å². The van der Waals surface area contributed by atoms with E-state index in [2.05, 4.69) is 5.32 Å². The lowest BCUT2D eigenvalue weighted by atomic mass is 9.82. The number of allylic oxidation sites excluding steroid dienone is 2. The largest absolute Gasteiger partial charge is 0.481 e. The van der Waals surface area contributed by atoms with E-state index in [9.17, 15) is 19.5 Å². The minimum atomic E-state index is -0.966. The maximum atomic E-state index is 12.3. The molecule has 0 radical (unpaired) electrons. The van der Waals surface area contributed by atoms with E-state index >= 15 is 0 Å². The zero-order valence-corrected chi connectivity index (χ0v) is 12.8. The van der Waals surface area contributed by atoms with Gasteiger partial charge in [0.05, 0.1) is 24.0 Å². The number of carbonyl (C=O) groups excluding carboxylic acids is 2. The lowest BCUT2D eigenvalue weighted by molar-refractivity contribution is -0.146. The molecule has 0 fully saturated rings. The molecule has 6 nitrogen and oxygen atoms in total. The van der Waals surface area contributed by atoms with Crippen molar-refractivity contribution in [1.29, 1.82) is 0 Å². The van der Waals surface area contributed by atoms with Crippen molar-refractivity contribution in [3.63, 3.8) is 0 Å². The maximum absolute atomic E-state index is 12.3. The van der Waals surface area contributed by atoms with Gasteiger partial charge in [0.15, 0.2) is 0 Å². The average Bonchev–Trinajstić information content (AvgIpc) is 2.55. The SMILES string of the molecule is CCOC(=O)c1ccc(NC(=O)[C@H]2CC=CC[C@H]2C(=O)O)cc1. The minimum Gasteiger partial charge on any atom is -0.481 e. The van der Waals surface area contributed by atoms with E-state index in [0.717, 1.165) is 0 Å². The lowest BCUT2D eigenvalue weighted by Crippen LogP contribution is -2.34. The molecule has 1 aliphatic carbocycles. The monoisotopic (exact) mass is 317 g/mol. The fraction of sp³-hybridized carbons (Fsp3) is 0.353. The van der Waals surface area contributed by atoms with E-state index in [1.165, 1.54) is 0 Å². The summed E-state index contributed by atoms with van der Waals surface area (Å²) in [7, 11) is 0. The van der Waals surface area contributed by atoms with Gasteiger partial charge in [-0.25, -0.2) is 4.79 Å². The summed E-state index contributed by atoms with van der Waals surface area (Å²) in [6, 6.07) is 6.31. The number of carboxylic acids is 1. The quantitative estimate of drug-likeness (QED) is 0.643. The van der Waals surface area contributed by atoms with Crippen LogP contribution in [0.3, 0.4) is 0 Å². The molecule has 0 aliphatic heterocycles. The van der Waals surface area contributed by atoms with Gasteiger partial charge in [-0.3, -0.25) is 9.59 Å². The molecule has 0 aromatic heterocycles. The number of aliphatic carboxylic acids is 1. The van der Waals surface area contributed by atoms with E-state index in [1.807, 2.05) is 6.08 Å². The average molecular weight is 317 g/mol. The zero-order valence-electron chi connectivity index (χ0n) is 12.8. The highest BCUT2D eigenvalue weighted by Crippen LogP contribution is 2.27. The van der Waals surface area contributed by atoms with Crippen LogP contribution in [0.15, 0.2) is 36.4 Å². The van der Waals surface area contributed by atoms with Crippen LogP contribution in [-0.4, -0.2) is 29.6 Å². The number of anilines is 1. The van der Waals surface area contributed by atoms with Gasteiger partial charge in [-0.2, -0.15) is 0 Å². The number of esters is 1. The van der Waals surface area contributed by atoms with Crippen molar-refractivity contribution in [3.05, 3.63) is 42.0 Å². The van der Waals surface area contributed by atoms with Crippen LogP contribution in [0.2, 0.25) is 0 Å². The Morgan fingerprint density at radius 2 is 1.74 bits per heavy atom. The summed E-state index contributed by atoms with van der Waals surface area (Å²) < 4.78 is 4.89. The summed E-state index contributed by atoms with van der Waals surface area (Å²) in [5.74, 6) is -3.02. The van der Waals surface area contributed by atoms with Crippen molar-refractivity contribution in [1.82, 2.24) is 0 Å². The number of ether oxygens (including phenoxy) is 1. The Morgan fingerprint density at radius 3 is 2.30 bits per heavy atom. The fourth-order valence-electron chi connectivity index (χ4n) is 2.52. The Hall–Kier alpha value is -2.63. The van der Waals surface area contributed by atoms with Crippen molar-refractivity contribution in [2.75, 3.05) is 11.9 Å². The van der Waals surface area contributed by atoms with Gasteiger partial charge >= 0.3 is 11.9 Å². The zero-order chi connectivity index (χ0) is 16.8. The summed E-state index contributed by atoms with van der Waals surface area (Å²) in [5.41, 5.74) is 0.913. The standard InChI is InChI=1S/C17H19NO5/c1-2-23-17(22)11-7-9-12(10-8-11)18-15(19)13-5-3-4-6-14(13)16(20)21/h3-4,7-10,13-14H,2,5-6H2,1H3,(H,18,19)(H,20,21)/t13-,14+/m0/s1. The Kier molecular flexibility index (Phi) is 5.51. The Bertz CT molecular complexity index is 620. The first-order valence-electron chi connectivity index (χ1n) is 7.48. The number of benzene rings is 1. The molecule has 6 heteroatoms. The van der Waals surface area contributed by atoms with Gasteiger partial charge in [0, 0.05) is 5.69 Å². The summed E-state index contributed by atoms with van der Waals surface area (Å²) in [6.07, 6.45) is 4.38. The minimum absolute atomic E-state index is 0.295. The molecule has 2 N–H and O–H groups in total. The number of rotatable bonds is 5. The highest BCUT2D eigenvalue weighted by atomic mass is 16.5. The molecule has 0 heterocycles. The molecule has 1 amide bonds. The maximum Gasteiger partial charge on any atom is 0.338 e. The number of carboxylic acid groups (broad SMARTS) is 1.